The molecule has 2 amide bonds. The molecule has 0 saturated heterocycles. The van der Waals surface area contributed by atoms with Crippen LogP contribution in [0.25, 0.3) is 10.9 Å². The highest BCUT2D eigenvalue weighted by molar-refractivity contribution is 7.17. The summed E-state index contributed by atoms with van der Waals surface area (Å²) in [6.07, 6.45) is 4.93. The van der Waals surface area contributed by atoms with Crippen LogP contribution in [0.5, 0.6) is 0 Å². The van der Waals surface area contributed by atoms with Crippen LogP contribution in [0.4, 0.5) is 5.00 Å². The molecule has 5 nitrogen and oxygen atoms in total. The Balaban J connectivity index is 1.70. The molecule has 0 atom stereocenters. The number of benzene rings is 1. The number of halogens is 1. The molecule has 0 spiro atoms. The van der Waals surface area contributed by atoms with Crippen LogP contribution in [0, 0.1) is 0 Å². The van der Waals surface area contributed by atoms with Crippen LogP contribution in [0.3, 0.4) is 0 Å². The highest BCUT2D eigenvalue weighted by Crippen LogP contribution is 2.38. The second kappa shape index (κ2) is 8.20. The van der Waals surface area contributed by atoms with Crippen LogP contribution in [-0.4, -0.2) is 22.9 Å². The number of hydrogen-bond acceptors (Lipinski definition) is 3. The van der Waals surface area contributed by atoms with Gasteiger partial charge in [-0.2, -0.15) is 0 Å². The summed E-state index contributed by atoms with van der Waals surface area (Å²) in [5, 5.41) is 8.09. The van der Waals surface area contributed by atoms with E-state index in [1.807, 2.05) is 36.7 Å². The number of rotatable bonds is 5. The van der Waals surface area contributed by atoms with Crippen LogP contribution in [0.15, 0.2) is 24.3 Å². The van der Waals surface area contributed by atoms with Gasteiger partial charge in [-0.1, -0.05) is 24.6 Å². The van der Waals surface area contributed by atoms with Gasteiger partial charge >= 0.3 is 0 Å². The fraction of sp³-hybridized carbons (Fsp3) is 0.364. The van der Waals surface area contributed by atoms with Gasteiger partial charge < -0.3 is 15.2 Å². The van der Waals surface area contributed by atoms with Gasteiger partial charge in [-0.3, -0.25) is 9.59 Å². The third-order valence-corrected chi connectivity index (χ3v) is 6.96. The molecule has 0 radical (unpaired) electrons. The van der Waals surface area contributed by atoms with Crippen LogP contribution in [-0.2, 0) is 19.9 Å². The van der Waals surface area contributed by atoms with Crippen molar-refractivity contribution in [2.24, 2.45) is 7.05 Å². The summed E-state index contributed by atoms with van der Waals surface area (Å²) in [5.41, 5.74) is 3.15. The highest BCUT2D eigenvalue weighted by atomic mass is 35.5. The lowest BCUT2D eigenvalue weighted by Gasteiger charge is -2.13. The molecule has 2 aromatic heterocycles. The normalized spacial score (nSPS) is 13.3. The Morgan fingerprint density at radius 3 is 2.76 bits per heavy atom. The van der Waals surface area contributed by atoms with E-state index in [1.165, 1.54) is 16.2 Å². The van der Waals surface area contributed by atoms with E-state index in [0.717, 1.165) is 48.6 Å². The summed E-state index contributed by atoms with van der Waals surface area (Å²) in [7, 11) is 1.85. The van der Waals surface area contributed by atoms with E-state index in [-0.39, 0.29) is 11.8 Å². The molecule has 152 valence electrons. The van der Waals surface area contributed by atoms with Crippen LogP contribution >= 0.6 is 22.9 Å². The standard InChI is InChI=1S/C22H24ClN3O2S/c1-3-11-24-21(28)19-13-7-4-5-10-18(13)29-22(19)25-20(27)17-12-14-15(23)8-6-9-16(14)26(17)2/h6,8-9,12H,3-5,7,10-11H2,1-2H3,(H,24,28)(H,25,27). The number of thiophene rings is 1. The molecule has 0 fully saturated rings. The van der Waals surface area contributed by atoms with E-state index < -0.39 is 0 Å². The maximum absolute atomic E-state index is 13.1. The van der Waals surface area contributed by atoms with E-state index in [4.69, 9.17) is 11.6 Å². The van der Waals surface area contributed by atoms with Gasteiger partial charge in [0.25, 0.3) is 11.8 Å². The zero-order chi connectivity index (χ0) is 20.5. The second-order valence-corrected chi connectivity index (χ2v) is 8.90. The summed E-state index contributed by atoms with van der Waals surface area (Å²) in [4.78, 5) is 27.2. The lowest BCUT2D eigenvalue weighted by Crippen LogP contribution is -2.26. The summed E-state index contributed by atoms with van der Waals surface area (Å²) in [5.74, 6) is -0.329. The third kappa shape index (κ3) is 3.67. The monoisotopic (exact) mass is 429 g/mol. The summed E-state index contributed by atoms with van der Waals surface area (Å²) in [6.45, 7) is 2.65. The number of carbonyl (C=O) groups is 2. The number of carbonyl (C=O) groups excluding carboxylic acids is 2. The molecule has 4 rings (SSSR count). The molecule has 7 heteroatoms. The predicted molar refractivity (Wildman–Crippen MR) is 119 cm³/mol. The van der Waals surface area contributed by atoms with E-state index >= 15 is 0 Å². The second-order valence-electron chi connectivity index (χ2n) is 7.39. The average Bonchev–Trinajstić information content (AvgIpc) is 3.25. The van der Waals surface area contributed by atoms with Crippen LogP contribution in [0.2, 0.25) is 5.02 Å². The van der Waals surface area contributed by atoms with Gasteiger partial charge in [0.05, 0.1) is 5.56 Å². The van der Waals surface area contributed by atoms with Gasteiger partial charge in [-0.05, 0) is 55.9 Å². The van der Waals surface area contributed by atoms with Gasteiger partial charge in [0, 0.05) is 34.4 Å². The van der Waals surface area contributed by atoms with E-state index in [2.05, 4.69) is 10.6 Å². The number of aryl methyl sites for hydroxylation is 2. The molecule has 1 aromatic carbocycles. The van der Waals surface area contributed by atoms with Crippen molar-refractivity contribution >= 4 is 50.7 Å². The molecule has 1 aliphatic carbocycles. The van der Waals surface area contributed by atoms with Crippen molar-refractivity contribution in [2.75, 3.05) is 11.9 Å². The maximum Gasteiger partial charge on any atom is 0.272 e. The Labute approximate surface area is 179 Å². The van der Waals surface area contributed by atoms with Gasteiger partial charge in [0.1, 0.15) is 10.7 Å². The Morgan fingerprint density at radius 2 is 2.00 bits per heavy atom. The van der Waals surface area contributed by atoms with Crippen molar-refractivity contribution in [3.63, 3.8) is 0 Å². The first kappa shape index (κ1) is 20.0. The fourth-order valence-electron chi connectivity index (χ4n) is 3.93. The van der Waals surface area contributed by atoms with Gasteiger partial charge in [0.2, 0.25) is 0 Å². The van der Waals surface area contributed by atoms with Gasteiger partial charge in [0.15, 0.2) is 0 Å². The SMILES string of the molecule is CCCNC(=O)c1c(NC(=O)c2cc3c(Cl)cccc3n2C)sc2c1CCCC2. The Hall–Kier alpha value is -2.31. The number of aromatic nitrogens is 1. The van der Waals surface area contributed by atoms with E-state index in [1.54, 1.807) is 6.07 Å². The number of hydrogen-bond donors (Lipinski definition) is 2. The molecule has 2 N–H and O–H groups in total. The number of anilines is 1. The molecule has 1 aliphatic rings. The zero-order valence-corrected chi connectivity index (χ0v) is 18.2. The van der Waals surface area contributed by atoms with Crippen molar-refractivity contribution in [2.45, 2.75) is 39.0 Å². The quantitative estimate of drug-likeness (QED) is 0.588. The highest BCUT2D eigenvalue weighted by Gasteiger charge is 2.27. The van der Waals surface area contributed by atoms with Crippen molar-refractivity contribution in [3.8, 4) is 0 Å². The van der Waals surface area contributed by atoms with Crippen molar-refractivity contribution in [3.05, 3.63) is 51.0 Å². The summed E-state index contributed by atoms with van der Waals surface area (Å²) < 4.78 is 1.83. The zero-order valence-electron chi connectivity index (χ0n) is 16.6. The Morgan fingerprint density at radius 1 is 1.21 bits per heavy atom. The van der Waals surface area contributed by atoms with Crippen molar-refractivity contribution in [1.29, 1.82) is 0 Å². The van der Waals surface area contributed by atoms with E-state index in [9.17, 15) is 9.59 Å². The smallest absolute Gasteiger partial charge is 0.272 e. The third-order valence-electron chi connectivity index (χ3n) is 5.43. The number of nitrogens with one attached hydrogen (secondary N) is 2. The molecule has 0 unspecified atom stereocenters. The van der Waals surface area contributed by atoms with E-state index in [0.29, 0.717) is 27.8 Å². The summed E-state index contributed by atoms with van der Waals surface area (Å²) >= 11 is 7.83. The molecular formula is C22H24ClN3O2S. The van der Waals surface area contributed by atoms with Crippen molar-refractivity contribution < 1.29 is 9.59 Å². The first-order chi connectivity index (χ1) is 14.0. The molecule has 2 heterocycles. The minimum Gasteiger partial charge on any atom is -0.352 e. The molecule has 0 bridgehead atoms. The minimum atomic E-state index is -0.233. The van der Waals surface area contributed by atoms with Gasteiger partial charge in [-0.15, -0.1) is 11.3 Å². The first-order valence-corrected chi connectivity index (χ1v) is 11.2. The largest absolute Gasteiger partial charge is 0.352 e. The average molecular weight is 430 g/mol. The minimum absolute atomic E-state index is 0.0957. The lowest BCUT2D eigenvalue weighted by atomic mass is 9.95. The fourth-order valence-corrected chi connectivity index (χ4v) is 5.44. The molecule has 3 aromatic rings. The molecule has 0 saturated carbocycles. The topological polar surface area (TPSA) is 63.1 Å². The maximum atomic E-state index is 13.1. The number of fused-ring (bicyclic) bond motifs is 2. The van der Waals surface area contributed by atoms with Crippen LogP contribution < -0.4 is 10.6 Å². The molecule has 0 aliphatic heterocycles. The van der Waals surface area contributed by atoms with Crippen LogP contribution in [0.1, 0.15) is 57.5 Å². The summed E-state index contributed by atoms with van der Waals surface area (Å²) in [6, 6.07) is 7.42. The molecule has 29 heavy (non-hydrogen) atoms. The number of nitrogens with zero attached hydrogens (tertiary/aromatic N) is 1. The lowest BCUT2D eigenvalue weighted by molar-refractivity contribution is 0.0954. The Kier molecular flexibility index (Phi) is 5.65. The van der Waals surface area contributed by atoms with Gasteiger partial charge in [-0.25, -0.2) is 0 Å². The molecular weight excluding hydrogens is 406 g/mol. The Bertz CT molecular complexity index is 1100. The first-order valence-electron chi connectivity index (χ1n) is 9.99. The predicted octanol–water partition coefficient (Wildman–Crippen LogP) is 5.16. The number of amides is 2. The van der Waals surface area contributed by atoms with Crippen molar-refractivity contribution in [1.82, 2.24) is 9.88 Å².